The van der Waals surface area contributed by atoms with E-state index in [0.29, 0.717) is 6.42 Å². The summed E-state index contributed by atoms with van der Waals surface area (Å²) in [6, 6.07) is -0.824. The molecule has 2 N–H and O–H groups in total. The molecule has 1 fully saturated rings. The van der Waals surface area contributed by atoms with Gasteiger partial charge in [-0.3, -0.25) is 4.79 Å². The van der Waals surface area contributed by atoms with Crippen LogP contribution in [0.5, 0.6) is 0 Å². The van der Waals surface area contributed by atoms with E-state index in [-0.39, 0.29) is 32.0 Å². The Morgan fingerprint density at radius 3 is 2.48 bits per heavy atom. The van der Waals surface area contributed by atoms with Crippen LogP contribution < -0.4 is 5.32 Å². The van der Waals surface area contributed by atoms with E-state index < -0.39 is 23.8 Å². The van der Waals surface area contributed by atoms with Gasteiger partial charge in [-0.15, -0.1) is 0 Å². The predicted octanol–water partition coefficient (Wildman–Crippen LogP) is 0.482. The number of piperidine rings is 1. The van der Waals surface area contributed by atoms with Crippen LogP contribution in [-0.2, 0) is 19.0 Å². The maximum atomic E-state index is 12.3. The van der Waals surface area contributed by atoms with E-state index in [1.165, 1.54) is 18.9 Å². The second kappa shape index (κ2) is 8.47. The van der Waals surface area contributed by atoms with Crippen molar-refractivity contribution in [1.82, 2.24) is 10.2 Å². The third-order valence-corrected chi connectivity index (χ3v) is 3.41. The van der Waals surface area contributed by atoms with Gasteiger partial charge < -0.3 is 29.5 Å². The minimum atomic E-state index is -0.635. The third kappa shape index (κ3) is 6.32. The molecule has 2 amide bonds. The standard InChI is InChI=1S/C15H28N2O6/c1-10(19)16-12-7-17(14(20)23-15(2,3)4)11(8-18)6-13(12)22-9-21-5/h11-13,18H,6-9H2,1-5H3,(H,16,19)/t11-,12+,13+/m1/s1. The van der Waals surface area contributed by atoms with Gasteiger partial charge >= 0.3 is 6.09 Å². The van der Waals surface area contributed by atoms with Gasteiger partial charge in [-0.05, 0) is 27.2 Å². The molecule has 1 aliphatic heterocycles. The molecular weight excluding hydrogens is 304 g/mol. The maximum absolute atomic E-state index is 12.3. The molecule has 23 heavy (non-hydrogen) atoms. The van der Waals surface area contributed by atoms with Gasteiger partial charge in [0.1, 0.15) is 12.4 Å². The highest BCUT2D eigenvalue weighted by Crippen LogP contribution is 2.23. The molecule has 0 aromatic rings. The lowest BCUT2D eigenvalue weighted by atomic mass is 9.95. The van der Waals surface area contributed by atoms with Crippen LogP contribution in [0.2, 0.25) is 0 Å². The van der Waals surface area contributed by atoms with Crippen molar-refractivity contribution in [2.45, 2.75) is 57.9 Å². The number of aliphatic hydroxyl groups is 1. The fraction of sp³-hybridized carbons (Fsp3) is 0.867. The third-order valence-electron chi connectivity index (χ3n) is 3.41. The van der Waals surface area contributed by atoms with Crippen LogP contribution in [0.3, 0.4) is 0 Å². The van der Waals surface area contributed by atoms with Crippen molar-refractivity contribution in [2.24, 2.45) is 0 Å². The summed E-state index contributed by atoms with van der Waals surface area (Å²) in [5.41, 5.74) is -0.635. The number of nitrogens with zero attached hydrogens (tertiary/aromatic N) is 1. The molecule has 8 heteroatoms. The van der Waals surface area contributed by atoms with Crippen molar-refractivity contribution in [3.05, 3.63) is 0 Å². The quantitative estimate of drug-likeness (QED) is 0.711. The Morgan fingerprint density at radius 1 is 1.35 bits per heavy atom. The SMILES string of the molecule is COCO[C@H]1C[C@H](CO)N(C(=O)OC(C)(C)C)C[C@@H]1NC(C)=O. The molecule has 0 spiro atoms. The highest BCUT2D eigenvalue weighted by Gasteiger charge is 2.40. The fourth-order valence-corrected chi connectivity index (χ4v) is 2.49. The summed E-state index contributed by atoms with van der Waals surface area (Å²) in [5, 5.41) is 12.4. The lowest BCUT2D eigenvalue weighted by Gasteiger charge is -2.43. The van der Waals surface area contributed by atoms with E-state index in [9.17, 15) is 14.7 Å². The molecule has 0 radical (unpaired) electrons. The molecule has 3 atom stereocenters. The fourth-order valence-electron chi connectivity index (χ4n) is 2.49. The summed E-state index contributed by atoms with van der Waals surface area (Å²) in [5.74, 6) is -0.215. The summed E-state index contributed by atoms with van der Waals surface area (Å²) in [4.78, 5) is 25.2. The smallest absolute Gasteiger partial charge is 0.410 e. The Hall–Kier alpha value is -1.38. The van der Waals surface area contributed by atoms with Crippen molar-refractivity contribution >= 4 is 12.0 Å². The number of methoxy groups -OCH3 is 1. The van der Waals surface area contributed by atoms with E-state index in [0.717, 1.165) is 0 Å². The number of aliphatic hydroxyl groups excluding tert-OH is 1. The number of likely N-dealkylation sites (tertiary alicyclic amines) is 1. The van der Waals surface area contributed by atoms with Crippen molar-refractivity contribution in [3.8, 4) is 0 Å². The molecule has 134 valence electrons. The van der Waals surface area contributed by atoms with Crippen LogP contribution in [0.25, 0.3) is 0 Å². The van der Waals surface area contributed by atoms with Crippen LogP contribution in [-0.4, -0.2) is 72.8 Å². The Bertz CT molecular complexity index is 409. The number of nitrogens with one attached hydrogen (secondary N) is 1. The first kappa shape index (κ1) is 19.7. The van der Waals surface area contributed by atoms with Crippen LogP contribution >= 0.6 is 0 Å². The van der Waals surface area contributed by atoms with Crippen LogP contribution in [0, 0.1) is 0 Å². The molecule has 1 heterocycles. The number of hydrogen-bond acceptors (Lipinski definition) is 6. The van der Waals surface area contributed by atoms with Crippen molar-refractivity contribution in [3.63, 3.8) is 0 Å². The molecule has 0 bridgehead atoms. The van der Waals surface area contributed by atoms with Crippen LogP contribution in [0.1, 0.15) is 34.1 Å². The van der Waals surface area contributed by atoms with Crippen LogP contribution in [0.15, 0.2) is 0 Å². The molecule has 0 aromatic carbocycles. The zero-order chi connectivity index (χ0) is 17.6. The molecule has 1 saturated heterocycles. The highest BCUT2D eigenvalue weighted by atomic mass is 16.7. The Morgan fingerprint density at radius 2 is 2.00 bits per heavy atom. The number of ether oxygens (including phenoxy) is 3. The molecule has 1 aliphatic rings. The van der Waals surface area contributed by atoms with E-state index >= 15 is 0 Å². The topological polar surface area (TPSA) is 97.3 Å². The summed E-state index contributed by atoms with van der Waals surface area (Å²) in [6.07, 6.45) is -0.490. The molecule has 0 aromatic heterocycles. The van der Waals surface area contributed by atoms with Gasteiger partial charge in [-0.2, -0.15) is 0 Å². The number of hydrogen-bond donors (Lipinski definition) is 2. The first-order valence-electron chi connectivity index (χ1n) is 7.66. The average molecular weight is 332 g/mol. The minimum absolute atomic E-state index is 0.0747. The molecule has 0 aliphatic carbocycles. The van der Waals surface area contributed by atoms with Gasteiger partial charge in [0.05, 0.1) is 24.8 Å². The lowest BCUT2D eigenvalue weighted by Crippen LogP contribution is -2.61. The number of rotatable bonds is 5. The van der Waals surface area contributed by atoms with E-state index in [2.05, 4.69) is 5.32 Å². The number of amides is 2. The molecule has 8 nitrogen and oxygen atoms in total. The second-order valence-corrected chi connectivity index (χ2v) is 6.62. The second-order valence-electron chi connectivity index (χ2n) is 6.62. The first-order chi connectivity index (χ1) is 10.7. The van der Waals surface area contributed by atoms with Crippen molar-refractivity contribution in [1.29, 1.82) is 0 Å². The molecular formula is C15H28N2O6. The highest BCUT2D eigenvalue weighted by molar-refractivity contribution is 5.74. The monoisotopic (exact) mass is 332 g/mol. The zero-order valence-corrected chi connectivity index (χ0v) is 14.5. The minimum Gasteiger partial charge on any atom is -0.444 e. The van der Waals surface area contributed by atoms with Gasteiger partial charge in [0.15, 0.2) is 0 Å². The Labute approximate surface area is 137 Å². The normalized spacial score (nSPS) is 25.1. The molecule has 1 rings (SSSR count). The van der Waals surface area contributed by atoms with Gasteiger partial charge in [-0.1, -0.05) is 0 Å². The largest absolute Gasteiger partial charge is 0.444 e. The van der Waals surface area contributed by atoms with Gasteiger partial charge in [0, 0.05) is 20.6 Å². The van der Waals surface area contributed by atoms with E-state index in [4.69, 9.17) is 14.2 Å². The average Bonchev–Trinajstić information content (AvgIpc) is 2.43. The summed E-state index contributed by atoms with van der Waals surface area (Å²) >= 11 is 0. The van der Waals surface area contributed by atoms with Crippen molar-refractivity contribution < 1.29 is 28.9 Å². The predicted molar refractivity (Wildman–Crippen MR) is 82.8 cm³/mol. The van der Waals surface area contributed by atoms with Gasteiger partial charge in [0.25, 0.3) is 0 Å². The van der Waals surface area contributed by atoms with Crippen molar-refractivity contribution in [2.75, 3.05) is 27.1 Å². The first-order valence-corrected chi connectivity index (χ1v) is 7.66. The number of carbonyl (C=O) groups excluding carboxylic acids is 2. The zero-order valence-electron chi connectivity index (χ0n) is 14.5. The van der Waals surface area contributed by atoms with Gasteiger partial charge in [0.2, 0.25) is 5.91 Å². The summed E-state index contributed by atoms with van der Waals surface area (Å²) in [6.45, 7) is 6.80. The van der Waals surface area contributed by atoms with E-state index in [1.807, 2.05) is 0 Å². The summed E-state index contributed by atoms with van der Waals surface area (Å²) in [7, 11) is 1.51. The lowest BCUT2D eigenvalue weighted by molar-refractivity contribution is -0.130. The summed E-state index contributed by atoms with van der Waals surface area (Å²) < 4.78 is 15.9. The van der Waals surface area contributed by atoms with Crippen LogP contribution in [0.4, 0.5) is 4.79 Å². The van der Waals surface area contributed by atoms with Gasteiger partial charge in [-0.25, -0.2) is 4.79 Å². The maximum Gasteiger partial charge on any atom is 0.410 e. The Kier molecular flexibility index (Phi) is 7.24. The molecule has 0 saturated carbocycles. The Balaban J connectivity index is 2.86. The molecule has 0 unspecified atom stereocenters. The van der Waals surface area contributed by atoms with E-state index in [1.54, 1.807) is 20.8 Å². The number of carbonyl (C=O) groups is 2.